The molecule has 1 aromatic rings. The first-order valence-corrected chi connectivity index (χ1v) is 19.5. The average molecular weight is 524 g/mol. The molecule has 5 unspecified atom stereocenters. The fourth-order valence-corrected chi connectivity index (χ4v) is 10.4. The fourth-order valence-electron chi connectivity index (χ4n) is 6.40. The summed E-state index contributed by atoms with van der Waals surface area (Å²) in [5.41, 5.74) is 5.82. The van der Waals surface area contributed by atoms with Crippen LogP contribution in [0.1, 0.15) is 70.4 Å². The van der Waals surface area contributed by atoms with E-state index in [4.69, 9.17) is 19.3 Å². The predicted molar refractivity (Wildman–Crippen MR) is 142 cm³/mol. The Labute approximate surface area is 212 Å². The SMILES string of the molecule is C[SiH](C)OC(C1CCCCC1)C1OC(n2ccc(N)nc2=O)C(O[Si](C)(C)C2CCCCC2)C1O. The van der Waals surface area contributed by atoms with Gasteiger partial charge < -0.3 is 24.4 Å². The molecule has 2 saturated carbocycles. The number of nitrogens with zero attached hydrogens (tertiary/aromatic N) is 2. The third-order valence-electron chi connectivity index (χ3n) is 8.27. The number of aliphatic hydroxyl groups excluding tert-OH is 1. The largest absolute Gasteiger partial charge is 0.415 e. The van der Waals surface area contributed by atoms with Crippen molar-refractivity contribution < 1.29 is 18.7 Å². The van der Waals surface area contributed by atoms with Gasteiger partial charge in [-0.15, -0.1) is 0 Å². The molecule has 35 heavy (non-hydrogen) atoms. The monoisotopic (exact) mass is 523 g/mol. The average Bonchev–Trinajstić information content (AvgIpc) is 3.13. The minimum Gasteiger partial charge on any atom is -0.415 e. The van der Waals surface area contributed by atoms with Crippen LogP contribution in [0.3, 0.4) is 0 Å². The van der Waals surface area contributed by atoms with Gasteiger partial charge in [0.15, 0.2) is 23.6 Å². The second kappa shape index (κ2) is 11.6. The standard InChI is InChI=1S/C25H45N3O5Si2/c1-34(2)32-21(17-11-7-5-8-12-17)22-20(29)23(33-35(3,4)18-13-9-6-10-14-18)24(31-22)28-16-15-19(26)27-25(28)30/h15-18,20-24,29,34H,5-14H2,1-4H3,(H2,26,27,30). The summed E-state index contributed by atoms with van der Waals surface area (Å²) in [7, 11) is -3.58. The second-order valence-electron chi connectivity index (χ2n) is 11.6. The summed E-state index contributed by atoms with van der Waals surface area (Å²) in [5.74, 6) is 0.521. The van der Waals surface area contributed by atoms with Crippen LogP contribution in [0, 0.1) is 5.92 Å². The Kier molecular flexibility index (Phi) is 8.92. The highest BCUT2D eigenvalue weighted by Gasteiger charge is 2.53. The number of rotatable bonds is 8. The number of aromatic nitrogens is 2. The van der Waals surface area contributed by atoms with Gasteiger partial charge in [-0.2, -0.15) is 4.98 Å². The smallest absolute Gasteiger partial charge is 0.351 e. The van der Waals surface area contributed by atoms with Gasteiger partial charge in [-0.25, -0.2) is 4.79 Å². The van der Waals surface area contributed by atoms with Crippen molar-refractivity contribution in [3.63, 3.8) is 0 Å². The molecule has 3 N–H and O–H groups in total. The summed E-state index contributed by atoms with van der Waals surface area (Å²) in [6.07, 6.45) is 10.5. The maximum Gasteiger partial charge on any atom is 0.351 e. The molecule has 1 saturated heterocycles. The van der Waals surface area contributed by atoms with Crippen LogP contribution in [-0.2, 0) is 13.6 Å². The molecular formula is C25H45N3O5Si2. The Hall–Kier alpha value is -1.05. The first kappa shape index (κ1) is 27.0. The minimum absolute atomic E-state index is 0.171. The number of nitrogen functional groups attached to an aromatic ring is 1. The highest BCUT2D eigenvalue weighted by atomic mass is 28.4. The number of nitrogens with two attached hydrogens (primary N) is 1. The Morgan fingerprint density at radius 1 is 1.14 bits per heavy atom. The van der Waals surface area contributed by atoms with Gasteiger partial charge in [-0.1, -0.05) is 51.4 Å². The van der Waals surface area contributed by atoms with Crippen LogP contribution in [0.25, 0.3) is 0 Å². The van der Waals surface area contributed by atoms with Crippen molar-refractivity contribution in [3.8, 4) is 0 Å². The first-order valence-electron chi connectivity index (χ1n) is 13.7. The molecule has 0 radical (unpaired) electrons. The van der Waals surface area contributed by atoms with E-state index in [1.807, 2.05) is 0 Å². The summed E-state index contributed by atoms with van der Waals surface area (Å²) >= 11 is 0. The molecule has 1 aromatic heterocycles. The van der Waals surface area contributed by atoms with Gasteiger partial charge in [-0.05, 0) is 56.6 Å². The molecule has 1 aliphatic heterocycles. The summed E-state index contributed by atoms with van der Waals surface area (Å²) in [6, 6.07) is 1.60. The quantitative estimate of drug-likeness (QED) is 0.497. The van der Waals surface area contributed by atoms with E-state index < -0.39 is 47.6 Å². The van der Waals surface area contributed by atoms with Crippen LogP contribution in [-0.4, -0.2) is 56.4 Å². The lowest BCUT2D eigenvalue weighted by molar-refractivity contribution is -0.0980. The number of anilines is 1. The Bertz CT molecular complexity index is 886. The molecule has 0 aromatic carbocycles. The molecule has 10 heteroatoms. The molecule has 5 atom stereocenters. The molecule has 0 amide bonds. The van der Waals surface area contributed by atoms with Crippen molar-refractivity contribution in [2.75, 3.05) is 5.73 Å². The van der Waals surface area contributed by atoms with Crippen LogP contribution in [0.4, 0.5) is 5.82 Å². The van der Waals surface area contributed by atoms with Crippen molar-refractivity contribution in [1.29, 1.82) is 0 Å². The van der Waals surface area contributed by atoms with Gasteiger partial charge in [0, 0.05) is 6.20 Å². The molecule has 0 bridgehead atoms. The number of hydrogen-bond donors (Lipinski definition) is 2. The van der Waals surface area contributed by atoms with Gasteiger partial charge in [0.1, 0.15) is 24.1 Å². The topological polar surface area (TPSA) is 109 Å². The molecule has 2 aliphatic carbocycles. The van der Waals surface area contributed by atoms with Crippen LogP contribution in [0.15, 0.2) is 17.1 Å². The molecule has 3 fully saturated rings. The van der Waals surface area contributed by atoms with E-state index in [1.165, 1.54) is 55.9 Å². The second-order valence-corrected chi connectivity index (χ2v) is 18.2. The molecular weight excluding hydrogens is 478 g/mol. The van der Waals surface area contributed by atoms with E-state index in [1.54, 1.807) is 12.3 Å². The van der Waals surface area contributed by atoms with Crippen LogP contribution >= 0.6 is 0 Å². The van der Waals surface area contributed by atoms with Crippen LogP contribution < -0.4 is 11.4 Å². The van der Waals surface area contributed by atoms with E-state index >= 15 is 0 Å². The normalized spacial score (nSPS) is 30.1. The van der Waals surface area contributed by atoms with Gasteiger partial charge in [0.2, 0.25) is 0 Å². The highest BCUT2D eigenvalue weighted by molar-refractivity contribution is 6.72. The maximum atomic E-state index is 12.8. The lowest BCUT2D eigenvalue weighted by Crippen LogP contribution is -2.50. The van der Waals surface area contributed by atoms with E-state index in [-0.39, 0.29) is 11.9 Å². The summed E-state index contributed by atoms with van der Waals surface area (Å²) in [4.78, 5) is 16.8. The van der Waals surface area contributed by atoms with E-state index in [9.17, 15) is 9.90 Å². The molecule has 2 heterocycles. The molecule has 3 aliphatic rings. The van der Waals surface area contributed by atoms with Crippen molar-refractivity contribution in [2.45, 2.75) is 127 Å². The van der Waals surface area contributed by atoms with Gasteiger partial charge >= 0.3 is 5.69 Å². The zero-order valence-electron chi connectivity index (χ0n) is 21.9. The molecule has 8 nitrogen and oxygen atoms in total. The van der Waals surface area contributed by atoms with Gasteiger partial charge in [0.25, 0.3) is 0 Å². The van der Waals surface area contributed by atoms with Gasteiger partial charge in [0.05, 0.1) is 6.10 Å². The van der Waals surface area contributed by atoms with Crippen molar-refractivity contribution >= 4 is 23.2 Å². The Balaban J connectivity index is 1.66. The predicted octanol–water partition coefficient (Wildman–Crippen LogP) is 3.96. The van der Waals surface area contributed by atoms with E-state index in [0.717, 1.165) is 12.8 Å². The fraction of sp³-hybridized carbons (Fsp3) is 0.840. The summed E-state index contributed by atoms with van der Waals surface area (Å²) in [6.45, 7) is 8.83. The maximum absolute atomic E-state index is 12.8. The number of ether oxygens (including phenoxy) is 1. The van der Waals surface area contributed by atoms with Crippen molar-refractivity contribution in [2.24, 2.45) is 5.92 Å². The van der Waals surface area contributed by atoms with Gasteiger partial charge in [-0.3, -0.25) is 4.57 Å². The zero-order valence-corrected chi connectivity index (χ0v) is 24.1. The Morgan fingerprint density at radius 2 is 1.77 bits per heavy atom. The lowest BCUT2D eigenvalue weighted by atomic mass is 9.82. The summed E-state index contributed by atoms with van der Waals surface area (Å²) < 4.78 is 21.4. The lowest BCUT2D eigenvalue weighted by Gasteiger charge is -2.39. The summed E-state index contributed by atoms with van der Waals surface area (Å²) in [5, 5.41) is 11.7. The Morgan fingerprint density at radius 3 is 2.37 bits per heavy atom. The minimum atomic E-state index is -2.18. The zero-order chi connectivity index (χ0) is 25.2. The van der Waals surface area contributed by atoms with E-state index in [0.29, 0.717) is 11.5 Å². The van der Waals surface area contributed by atoms with Crippen molar-refractivity contribution in [3.05, 3.63) is 22.7 Å². The molecule has 198 valence electrons. The van der Waals surface area contributed by atoms with Crippen LogP contribution in [0.5, 0.6) is 0 Å². The third kappa shape index (κ3) is 6.27. The van der Waals surface area contributed by atoms with E-state index in [2.05, 4.69) is 31.2 Å². The first-order chi connectivity index (χ1) is 16.7. The third-order valence-corrected chi connectivity index (χ3v) is 12.6. The molecule has 0 spiro atoms. The van der Waals surface area contributed by atoms with Crippen molar-refractivity contribution in [1.82, 2.24) is 9.55 Å². The number of hydrogen-bond acceptors (Lipinski definition) is 7. The molecule has 4 rings (SSSR count). The number of aliphatic hydroxyl groups is 1. The highest BCUT2D eigenvalue weighted by Crippen LogP contribution is 2.43. The van der Waals surface area contributed by atoms with Crippen LogP contribution in [0.2, 0.25) is 31.7 Å².